The first kappa shape index (κ1) is 29.3. The molecule has 1 unspecified atom stereocenters. The number of rotatable bonds is 7. The third kappa shape index (κ3) is 5.61. The number of alkyl halides is 3. The Labute approximate surface area is 239 Å². The van der Waals surface area contributed by atoms with Crippen molar-refractivity contribution in [3.63, 3.8) is 0 Å². The lowest BCUT2D eigenvalue weighted by atomic mass is 10.1. The highest BCUT2D eigenvalue weighted by Gasteiger charge is 2.37. The molecule has 220 valence electrons. The van der Waals surface area contributed by atoms with Crippen LogP contribution >= 0.6 is 11.6 Å². The number of hydrogen-bond donors (Lipinski definition) is 1. The van der Waals surface area contributed by atoms with E-state index >= 15 is 0 Å². The van der Waals surface area contributed by atoms with Crippen molar-refractivity contribution in [2.45, 2.75) is 30.0 Å². The smallest absolute Gasteiger partial charge is 0.416 e. The number of nitrogens with zero attached hydrogens (tertiary/aromatic N) is 3. The molecule has 0 amide bonds. The highest BCUT2D eigenvalue weighted by molar-refractivity contribution is 7.92. The Morgan fingerprint density at radius 2 is 1.88 bits per heavy atom. The molecule has 0 radical (unpaired) electrons. The van der Waals surface area contributed by atoms with Gasteiger partial charge in [0.1, 0.15) is 11.9 Å². The van der Waals surface area contributed by atoms with Gasteiger partial charge in [0.05, 0.1) is 33.3 Å². The van der Waals surface area contributed by atoms with Gasteiger partial charge in [-0.1, -0.05) is 22.8 Å². The first-order valence-corrected chi connectivity index (χ1v) is 13.8. The van der Waals surface area contributed by atoms with Crippen LogP contribution in [0.25, 0.3) is 22.8 Å². The molecule has 1 aliphatic rings. The number of carbonyl (C=O) groups is 1. The van der Waals surface area contributed by atoms with Crippen molar-refractivity contribution in [1.82, 2.24) is 10.1 Å². The predicted molar refractivity (Wildman–Crippen MR) is 137 cm³/mol. The summed E-state index contributed by atoms with van der Waals surface area (Å²) in [5, 5.41) is 12.6. The van der Waals surface area contributed by atoms with Crippen molar-refractivity contribution in [2.24, 2.45) is 0 Å². The second-order valence-corrected chi connectivity index (χ2v) is 11.3. The lowest BCUT2D eigenvalue weighted by Crippen LogP contribution is -2.43. The summed E-state index contributed by atoms with van der Waals surface area (Å²) in [6.07, 6.45) is -6.22. The number of hydrogen-bond acceptors (Lipinski definition) is 7. The van der Waals surface area contributed by atoms with Gasteiger partial charge < -0.3 is 14.4 Å². The minimum atomic E-state index is -4.81. The van der Waals surface area contributed by atoms with E-state index in [2.05, 4.69) is 10.1 Å². The molecule has 0 bridgehead atoms. The van der Waals surface area contributed by atoms with Crippen LogP contribution in [0.4, 0.5) is 27.6 Å². The largest absolute Gasteiger partial charge is 0.486 e. The Bertz CT molecular complexity index is 1800. The van der Waals surface area contributed by atoms with E-state index in [-0.39, 0.29) is 40.7 Å². The summed E-state index contributed by atoms with van der Waals surface area (Å²) in [7, 11) is -4.65. The number of halogens is 6. The van der Waals surface area contributed by atoms with Crippen molar-refractivity contribution < 1.29 is 49.5 Å². The number of carboxylic acid groups (broad SMARTS) is 1. The fourth-order valence-corrected chi connectivity index (χ4v) is 6.01. The van der Waals surface area contributed by atoms with Crippen LogP contribution in [0.15, 0.2) is 64.0 Å². The molecule has 4 aromatic rings. The van der Waals surface area contributed by atoms with Crippen LogP contribution in [0, 0.1) is 11.6 Å². The Kier molecular flexibility index (Phi) is 7.57. The fourth-order valence-electron chi connectivity index (χ4n) is 4.24. The Morgan fingerprint density at radius 1 is 1.12 bits per heavy atom. The first-order valence-electron chi connectivity index (χ1n) is 12.0. The van der Waals surface area contributed by atoms with Crippen LogP contribution in [-0.4, -0.2) is 42.3 Å². The van der Waals surface area contributed by atoms with Gasteiger partial charge in [0, 0.05) is 12.0 Å². The summed E-state index contributed by atoms with van der Waals surface area (Å²) < 4.78 is 107. The molecular weight excluding hydrogens is 613 g/mol. The number of anilines is 1. The summed E-state index contributed by atoms with van der Waals surface area (Å²) in [5.74, 6) is -4.37. The summed E-state index contributed by atoms with van der Waals surface area (Å²) in [6.45, 7) is -0.427. The average Bonchev–Trinajstić information content (AvgIpc) is 3.43. The molecule has 1 aliphatic heterocycles. The van der Waals surface area contributed by atoms with E-state index in [1.54, 1.807) is 0 Å². The van der Waals surface area contributed by atoms with E-state index in [1.165, 1.54) is 18.2 Å². The monoisotopic (exact) mass is 629 g/mol. The number of aromatic nitrogens is 2. The molecule has 0 aliphatic carbocycles. The van der Waals surface area contributed by atoms with Crippen LogP contribution in [0.2, 0.25) is 5.02 Å². The topological polar surface area (TPSA) is 123 Å². The van der Waals surface area contributed by atoms with E-state index < -0.39 is 68.4 Å². The minimum absolute atomic E-state index is 0.0149. The van der Waals surface area contributed by atoms with Gasteiger partial charge in [0.15, 0.2) is 11.6 Å². The summed E-state index contributed by atoms with van der Waals surface area (Å²) in [6, 6.07) is 9.05. The zero-order chi connectivity index (χ0) is 30.4. The number of carboxylic acids is 1. The molecular formula is C26H17ClF5N3O6S. The highest BCUT2D eigenvalue weighted by atomic mass is 35.5. The molecule has 0 saturated heterocycles. The van der Waals surface area contributed by atoms with E-state index in [0.29, 0.717) is 6.07 Å². The molecule has 0 fully saturated rings. The predicted octanol–water partition coefficient (Wildman–Crippen LogP) is 6.18. The van der Waals surface area contributed by atoms with Crippen molar-refractivity contribution in [3.8, 4) is 28.6 Å². The molecule has 9 nitrogen and oxygen atoms in total. The molecule has 5 rings (SSSR count). The zero-order valence-electron chi connectivity index (χ0n) is 20.9. The first-order chi connectivity index (χ1) is 19.8. The fraction of sp³-hybridized carbons (Fsp3) is 0.192. The lowest BCUT2D eigenvalue weighted by Gasteiger charge is -2.35. The molecule has 3 aromatic carbocycles. The second-order valence-electron chi connectivity index (χ2n) is 9.06. The normalized spacial score (nSPS) is 15.3. The summed E-state index contributed by atoms with van der Waals surface area (Å²) >= 11 is 5.98. The summed E-state index contributed by atoms with van der Waals surface area (Å²) in [5.41, 5.74) is -1.67. The lowest BCUT2D eigenvalue weighted by molar-refractivity contribution is -0.138. The van der Waals surface area contributed by atoms with Gasteiger partial charge >= 0.3 is 12.1 Å². The maximum absolute atomic E-state index is 14.4. The molecule has 16 heteroatoms. The standard InChI is InChI=1S/C26H17ClF5N3O6S/c27-17-6-7-18(28)23(29)22(17)25-33-24(34-41-25)13-4-8-20-19(10-13)35(12-15(40-20)5-9-21(36)37)42(38,39)16-3-1-2-14(11-16)26(30,31)32/h1-4,6-8,10-11,15H,5,9,12H2,(H,36,37). The van der Waals surface area contributed by atoms with Crippen LogP contribution in [0.3, 0.4) is 0 Å². The van der Waals surface area contributed by atoms with Crippen molar-refractivity contribution >= 4 is 33.3 Å². The van der Waals surface area contributed by atoms with Gasteiger partial charge in [-0.15, -0.1) is 0 Å². The van der Waals surface area contributed by atoms with Crippen LogP contribution in [0.1, 0.15) is 18.4 Å². The molecule has 0 spiro atoms. The van der Waals surface area contributed by atoms with E-state index in [1.807, 2.05) is 0 Å². The van der Waals surface area contributed by atoms with Gasteiger partial charge in [-0.3, -0.25) is 9.10 Å². The zero-order valence-corrected chi connectivity index (χ0v) is 22.5. The van der Waals surface area contributed by atoms with Gasteiger partial charge in [-0.05, 0) is 55.0 Å². The molecule has 0 saturated carbocycles. The Hall–Kier alpha value is -4.24. The van der Waals surface area contributed by atoms with Gasteiger partial charge in [0.25, 0.3) is 15.9 Å². The van der Waals surface area contributed by atoms with E-state index in [0.717, 1.165) is 34.6 Å². The molecule has 1 aromatic heterocycles. The van der Waals surface area contributed by atoms with Gasteiger partial charge in [-0.25, -0.2) is 17.2 Å². The highest BCUT2D eigenvalue weighted by Crippen LogP contribution is 2.41. The maximum atomic E-state index is 14.4. The number of sulfonamides is 1. The quantitative estimate of drug-likeness (QED) is 0.190. The van der Waals surface area contributed by atoms with Crippen molar-refractivity contribution in [3.05, 3.63) is 76.8 Å². The maximum Gasteiger partial charge on any atom is 0.416 e. The Morgan fingerprint density at radius 3 is 2.60 bits per heavy atom. The van der Waals surface area contributed by atoms with Gasteiger partial charge in [0.2, 0.25) is 5.82 Å². The molecule has 2 heterocycles. The van der Waals surface area contributed by atoms with E-state index in [9.17, 15) is 35.2 Å². The van der Waals surface area contributed by atoms with Crippen LogP contribution < -0.4 is 9.04 Å². The molecule has 1 N–H and O–H groups in total. The third-order valence-corrected chi connectivity index (χ3v) is 8.35. The van der Waals surface area contributed by atoms with E-state index in [4.69, 9.17) is 26.0 Å². The van der Waals surface area contributed by atoms with Crippen molar-refractivity contribution in [1.29, 1.82) is 0 Å². The number of ether oxygens (including phenoxy) is 1. The minimum Gasteiger partial charge on any atom is -0.486 e. The number of benzene rings is 3. The Balaban J connectivity index is 1.58. The van der Waals surface area contributed by atoms with Crippen molar-refractivity contribution in [2.75, 3.05) is 10.8 Å². The number of fused-ring (bicyclic) bond motifs is 1. The average molecular weight is 630 g/mol. The third-order valence-electron chi connectivity index (χ3n) is 6.26. The second kappa shape index (κ2) is 10.9. The number of aliphatic carboxylic acids is 1. The summed E-state index contributed by atoms with van der Waals surface area (Å²) in [4.78, 5) is 14.5. The van der Waals surface area contributed by atoms with Gasteiger partial charge in [-0.2, -0.15) is 18.2 Å². The molecule has 42 heavy (non-hydrogen) atoms. The van der Waals surface area contributed by atoms with Crippen LogP contribution in [0.5, 0.6) is 5.75 Å². The SMILES string of the molecule is O=C(O)CCC1CN(S(=O)(=O)c2cccc(C(F)(F)F)c2)c2cc(-c3noc(-c4c(Cl)ccc(F)c4F)n3)ccc2O1. The van der Waals surface area contributed by atoms with Crippen LogP contribution in [-0.2, 0) is 21.0 Å². The molecule has 1 atom stereocenters.